The molecule has 1 fully saturated rings. The smallest absolute Gasteiger partial charge is 0.329 e. The zero-order valence-corrected chi connectivity index (χ0v) is 22.7. The second-order valence-corrected chi connectivity index (χ2v) is 9.90. The monoisotopic (exact) mass is 518 g/mol. The lowest BCUT2D eigenvalue weighted by Crippen LogP contribution is -2.45. The van der Waals surface area contributed by atoms with Gasteiger partial charge in [0.2, 0.25) is 5.91 Å². The van der Waals surface area contributed by atoms with Gasteiger partial charge < -0.3 is 25.0 Å². The standard InChI is InChI=1S/C29H34N4O5/c1-7-12-33-24-15-25(38-6)19(13-22(24)18(2)16-29(33,3)4)14-23-27(35)32(28(36)31-23)17-26(34)30-20-8-10-21(37-5)11-9-20/h8-11,13-16H,7,12,17H2,1-6H3,(H,30,34)(H,31,36)/b23-14+. The first-order valence-corrected chi connectivity index (χ1v) is 12.6. The molecule has 4 amide bonds. The Labute approximate surface area is 223 Å². The molecule has 0 aromatic heterocycles. The number of urea groups is 1. The summed E-state index contributed by atoms with van der Waals surface area (Å²) >= 11 is 0. The van der Waals surface area contributed by atoms with Gasteiger partial charge in [0.1, 0.15) is 23.7 Å². The SMILES string of the molecule is CCCN1c2cc(OC)c(/C=C3/NC(=O)N(CC(=O)Nc4ccc(OC)cc4)C3=O)cc2C(C)=CC1(C)C. The summed E-state index contributed by atoms with van der Waals surface area (Å²) in [6.07, 6.45) is 4.82. The van der Waals surface area contributed by atoms with Crippen LogP contribution >= 0.6 is 0 Å². The van der Waals surface area contributed by atoms with Gasteiger partial charge in [-0.05, 0) is 69.2 Å². The summed E-state index contributed by atoms with van der Waals surface area (Å²) in [4.78, 5) is 41.5. The quantitative estimate of drug-likeness (QED) is 0.390. The molecule has 0 bridgehead atoms. The lowest BCUT2D eigenvalue weighted by molar-refractivity contribution is -0.127. The van der Waals surface area contributed by atoms with E-state index in [9.17, 15) is 14.4 Å². The van der Waals surface area contributed by atoms with E-state index in [1.165, 1.54) is 0 Å². The first-order chi connectivity index (χ1) is 18.1. The molecule has 0 radical (unpaired) electrons. The minimum absolute atomic E-state index is 0.0775. The van der Waals surface area contributed by atoms with E-state index < -0.39 is 24.4 Å². The van der Waals surface area contributed by atoms with Crippen LogP contribution in [0.15, 0.2) is 48.2 Å². The zero-order chi connectivity index (χ0) is 27.6. The predicted octanol–water partition coefficient (Wildman–Crippen LogP) is 4.65. The van der Waals surface area contributed by atoms with Gasteiger partial charge in [0.05, 0.1) is 19.8 Å². The van der Waals surface area contributed by atoms with Crippen molar-refractivity contribution in [2.45, 2.75) is 39.7 Å². The molecule has 0 atom stereocenters. The van der Waals surface area contributed by atoms with Gasteiger partial charge in [0.25, 0.3) is 5.91 Å². The van der Waals surface area contributed by atoms with Gasteiger partial charge in [0.15, 0.2) is 0 Å². The zero-order valence-electron chi connectivity index (χ0n) is 22.7. The van der Waals surface area contributed by atoms with Crippen LogP contribution in [0.1, 0.15) is 45.2 Å². The molecule has 0 saturated carbocycles. The molecule has 2 N–H and O–H groups in total. The molecule has 0 aliphatic carbocycles. The molecule has 2 aromatic carbocycles. The molecule has 38 heavy (non-hydrogen) atoms. The van der Waals surface area contributed by atoms with Crippen molar-refractivity contribution in [1.82, 2.24) is 10.2 Å². The molecule has 2 aromatic rings. The maximum Gasteiger partial charge on any atom is 0.329 e. The van der Waals surface area contributed by atoms with Gasteiger partial charge in [-0.2, -0.15) is 0 Å². The fourth-order valence-electron chi connectivity index (χ4n) is 4.93. The number of imide groups is 1. The number of fused-ring (bicyclic) bond motifs is 1. The minimum Gasteiger partial charge on any atom is -0.497 e. The van der Waals surface area contributed by atoms with Crippen molar-refractivity contribution in [2.24, 2.45) is 0 Å². The maximum absolute atomic E-state index is 13.1. The molecule has 0 unspecified atom stereocenters. The molecule has 9 heteroatoms. The maximum atomic E-state index is 13.1. The van der Waals surface area contributed by atoms with E-state index in [4.69, 9.17) is 9.47 Å². The van der Waals surface area contributed by atoms with Gasteiger partial charge >= 0.3 is 6.03 Å². The van der Waals surface area contributed by atoms with Crippen LogP contribution in [0.5, 0.6) is 11.5 Å². The van der Waals surface area contributed by atoms with Crippen LogP contribution in [0.4, 0.5) is 16.2 Å². The Morgan fingerprint density at radius 3 is 2.45 bits per heavy atom. The minimum atomic E-state index is -0.657. The van der Waals surface area contributed by atoms with Crippen molar-refractivity contribution < 1.29 is 23.9 Å². The average molecular weight is 519 g/mol. The highest BCUT2D eigenvalue weighted by molar-refractivity contribution is 6.16. The summed E-state index contributed by atoms with van der Waals surface area (Å²) in [5, 5.41) is 5.28. The Morgan fingerprint density at radius 2 is 1.82 bits per heavy atom. The van der Waals surface area contributed by atoms with E-state index in [0.29, 0.717) is 22.7 Å². The Bertz CT molecular complexity index is 1330. The number of hydrogen-bond donors (Lipinski definition) is 2. The number of nitrogens with one attached hydrogen (secondary N) is 2. The van der Waals surface area contributed by atoms with Gasteiger partial charge in [0, 0.05) is 35.1 Å². The van der Waals surface area contributed by atoms with E-state index in [1.807, 2.05) is 12.1 Å². The molecule has 0 spiro atoms. The largest absolute Gasteiger partial charge is 0.497 e. The fraction of sp³-hybridized carbons (Fsp3) is 0.345. The van der Waals surface area contributed by atoms with Gasteiger partial charge in [-0.3, -0.25) is 9.59 Å². The van der Waals surface area contributed by atoms with Crippen molar-refractivity contribution in [3.8, 4) is 11.5 Å². The Kier molecular flexibility index (Phi) is 7.48. The summed E-state index contributed by atoms with van der Waals surface area (Å²) < 4.78 is 10.8. The summed E-state index contributed by atoms with van der Waals surface area (Å²) in [5.41, 5.74) is 4.34. The van der Waals surface area contributed by atoms with Crippen molar-refractivity contribution in [3.05, 3.63) is 59.3 Å². The number of methoxy groups -OCH3 is 2. The number of ether oxygens (including phenoxy) is 2. The van der Waals surface area contributed by atoms with E-state index in [0.717, 1.165) is 34.7 Å². The molecule has 4 rings (SSSR count). The highest BCUT2D eigenvalue weighted by Gasteiger charge is 2.36. The van der Waals surface area contributed by atoms with Crippen LogP contribution in [-0.4, -0.2) is 55.6 Å². The van der Waals surface area contributed by atoms with Crippen LogP contribution in [0, 0.1) is 0 Å². The third-order valence-electron chi connectivity index (χ3n) is 6.71. The first-order valence-electron chi connectivity index (χ1n) is 12.6. The summed E-state index contributed by atoms with van der Waals surface area (Å²) in [6.45, 7) is 9.05. The first kappa shape index (κ1) is 26.8. The second kappa shape index (κ2) is 10.6. The van der Waals surface area contributed by atoms with Crippen molar-refractivity contribution in [3.63, 3.8) is 0 Å². The van der Waals surface area contributed by atoms with Crippen LogP contribution in [-0.2, 0) is 9.59 Å². The number of anilines is 2. The lowest BCUT2D eigenvalue weighted by Gasteiger charge is -2.43. The van der Waals surface area contributed by atoms with E-state index in [2.05, 4.69) is 49.3 Å². The van der Waals surface area contributed by atoms with Crippen molar-refractivity contribution >= 4 is 40.9 Å². The molecular weight excluding hydrogens is 484 g/mol. The molecule has 2 aliphatic heterocycles. The van der Waals surface area contributed by atoms with Crippen LogP contribution in [0.3, 0.4) is 0 Å². The van der Waals surface area contributed by atoms with Crippen LogP contribution in [0.2, 0.25) is 0 Å². The number of carbonyl (C=O) groups is 3. The highest BCUT2D eigenvalue weighted by atomic mass is 16.5. The number of hydrogen-bond acceptors (Lipinski definition) is 6. The van der Waals surface area contributed by atoms with Gasteiger partial charge in [-0.25, -0.2) is 9.69 Å². The number of amides is 4. The number of allylic oxidation sites excluding steroid dienone is 1. The van der Waals surface area contributed by atoms with E-state index in [-0.39, 0.29) is 11.2 Å². The Hall–Kier alpha value is -4.27. The summed E-state index contributed by atoms with van der Waals surface area (Å²) in [5.74, 6) is 0.156. The molecule has 9 nitrogen and oxygen atoms in total. The average Bonchev–Trinajstić information content (AvgIpc) is 3.13. The number of rotatable bonds is 8. The lowest BCUT2D eigenvalue weighted by atomic mass is 9.87. The molecule has 2 aliphatic rings. The normalized spacial score (nSPS) is 17.2. The third kappa shape index (κ3) is 5.22. The fourth-order valence-corrected chi connectivity index (χ4v) is 4.93. The third-order valence-corrected chi connectivity index (χ3v) is 6.71. The molecule has 200 valence electrons. The van der Waals surface area contributed by atoms with E-state index in [1.54, 1.807) is 44.6 Å². The summed E-state index contributed by atoms with van der Waals surface area (Å²) in [7, 11) is 3.13. The summed E-state index contributed by atoms with van der Waals surface area (Å²) in [6, 6.07) is 10.1. The highest BCUT2D eigenvalue weighted by Crippen LogP contribution is 2.42. The predicted molar refractivity (Wildman–Crippen MR) is 148 cm³/mol. The van der Waals surface area contributed by atoms with Gasteiger partial charge in [-0.15, -0.1) is 0 Å². The molecular formula is C29H34N4O5. The Morgan fingerprint density at radius 1 is 1.11 bits per heavy atom. The molecule has 1 saturated heterocycles. The second-order valence-electron chi connectivity index (χ2n) is 9.90. The Balaban J connectivity index is 1.58. The number of benzene rings is 2. The van der Waals surface area contributed by atoms with E-state index >= 15 is 0 Å². The van der Waals surface area contributed by atoms with Crippen molar-refractivity contribution in [1.29, 1.82) is 0 Å². The topological polar surface area (TPSA) is 100 Å². The van der Waals surface area contributed by atoms with Crippen molar-refractivity contribution in [2.75, 3.05) is 37.5 Å². The van der Waals surface area contributed by atoms with Crippen LogP contribution in [0.25, 0.3) is 11.6 Å². The number of carbonyl (C=O) groups excluding carboxylic acids is 3. The molecule has 2 heterocycles. The number of nitrogens with zero attached hydrogens (tertiary/aromatic N) is 2. The van der Waals surface area contributed by atoms with Gasteiger partial charge in [-0.1, -0.05) is 13.0 Å². The van der Waals surface area contributed by atoms with Crippen LogP contribution < -0.4 is 25.0 Å².